The van der Waals surface area contributed by atoms with Gasteiger partial charge in [0, 0.05) is 18.7 Å². The molecule has 0 saturated carbocycles. The van der Waals surface area contributed by atoms with Crippen molar-refractivity contribution in [2.75, 3.05) is 11.4 Å². The number of aryl methyl sites for hydroxylation is 1. The van der Waals surface area contributed by atoms with Crippen molar-refractivity contribution < 1.29 is 14.7 Å². The summed E-state index contributed by atoms with van der Waals surface area (Å²) in [4.78, 5) is 30.4. The molecule has 0 saturated heterocycles. The van der Waals surface area contributed by atoms with Gasteiger partial charge >= 0.3 is 5.97 Å². The van der Waals surface area contributed by atoms with E-state index in [1.54, 1.807) is 22.3 Å². The van der Waals surface area contributed by atoms with Gasteiger partial charge in [0.2, 0.25) is 5.91 Å². The molecule has 0 fully saturated rings. The van der Waals surface area contributed by atoms with Gasteiger partial charge in [-0.15, -0.1) is 11.3 Å². The first kappa shape index (κ1) is 17.7. The highest BCUT2D eigenvalue weighted by atomic mass is 32.1. The molecule has 138 valence electrons. The van der Waals surface area contributed by atoms with Gasteiger partial charge in [-0.1, -0.05) is 30.3 Å². The molecule has 1 amide bonds. The summed E-state index contributed by atoms with van der Waals surface area (Å²) in [5, 5.41) is 10.5. The number of hydrogen-bond donors (Lipinski definition) is 1. The largest absolute Gasteiger partial charge is 0.481 e. The summed E-state index contributed by atoms with van der Waals surface area (Å²) in [7, 11) is 0. The SMILES string of the molecule is O=C(O)C1CN(C(=O)CCCCc2nc3ccccc3s2)c2ccccc21. The minimum atomic E-state index is -0.881. The van der Waals surface area contributed by atoms with E-state index in [4.69, 9.17) is 0 Å². The molecule has 1 unspecified atom stereocenters. The molecule has 2 heterocycles. The summed E-state index contributed by atoms with van der Waals surface area (Å²) in [6.45, 7) is 0.228. The van der Waals surface area contributed by atoms with Crippen LogP contribution in [0.5, 0.6) is 0 Å². The van der Waals surface area contributed by atoms with Crippen molar-refractivity contribution >= 4 is 39.1 Å². The van der Waals surface area contributed by atoms with Crippen LogP contribution in [-0.2, 0) is 16.0 Å². The predicted molar refractivity (Wildman–Crippen MR) is 106 cm³/mol. The number of rotatable bonds is 6. The van der Waals surface area contributed by atoms with E-state index >= 15 is 0 Å². The maximum absolute atomic E-state index is 12.6. The van der Waals surface area contributed by atoms with Crippen LogP contribution in [0.1, 0.15) is 35.8 Å². The quantitative estimate of drug-likeness (QED) is 0.650. The summed E-state index contributed by atoms with van der Waals surface area (Å²) in [5.41, 5.74) is 2.50. The number of benzene rings is 2. The molecule has 1 aliphatic heterocycles. The Kier molecular flexibility index (Phi) is 4.90. The third kappa shape index (κ3) is 3.57. The van der Waals surface area contributed by atoms with E-state index in [9.17, 15) is 14.7 Å². The Bertz CT molecular complexity index is 965. The zero-order chi connectivity index (χ0) is 18.8. The van der Waals surface area contributed by atoms with Gasteiger partial charge in [-0.25, -0.2) is 4.98 Å². The first-order valence-electron chi connectivity index (χ1n) is 9.10. The lowest BCUT2D eigenvalue weighted by Gasteiger charge is -2.17. The first-order chi connectivity index (χ1) is 13.1. The van der Waals surface area contributed by atoms with E-state index in [2.05, 4.69) is 11.1 Å². The van der Waals surface area contributed by atoms with E-state index in [1.807, 2.05) is 36.4 Å². The van der Waals surface area contributed by atoms with Crippen LogP contribution in [0.3, 0.4) is 0 Å². The van der Waals surface area contributed by atoms with Crippen molar-refractivity contribution in [2.45, 2.75) is 31.6 Å². The van der Waals surface area contributed by atoms with Gasteiger partial charge in [-0.05, 0) is 43.0 Å². The van der Waals surface area contributed by atoms with E-state index in [0.29, 0.717) is 6.42 Å². The topological polar surface area (TPSA) is 70.5 Å². The van der Waals surface area contributed by atoms with E-state index in [-0.39, 0.29) is 12.5 Å². The summed E-state index contributed by atoms with van der Waals surface area (Å²) in [6, 6.07) is 15.4. The van der Waals surface area contributed by atoms with E-state index in [0.717, 1.165) is 41.0 Å². The standard InChI is InChI=1S/C21H20N2O3S/c24-20(23-13-15(21(25)26)14-7-1-3-9-17(14)23)12-6-5-11-19-22-16-8-2-4-10-18(16)27-19/h1-4,7-10,15H,5-6,11-13H2,(H,25,26). The second-order valence-corrected chi connectivity index (χ2v) is 7.85. The maximum atomic E-state index is 12.6. The average Bonchev–Trinajstić information content (AvgIpc) is 3.26. The van der Waals surface area contributed by atoms with Gasteiger partial charge in [-0.3, -0.25) is 9.59 Å². The Hall–Kier alpha value is -2.73. The molecule has 4 rings (SSSR count). The van der Waals surface area contributed by atoms with Crippen LogP contribution in [0.25, 0.3) is 10.2 Å². The number of carboxylic acids is 1. The van der Waals surface area contributed by atoms with Gasteiger partial charge in [0.25, 0.3) is 0 Å². The second kappa shape index (κ2) is 7.48. The van der Waals surface area contributed by atoms with Gasteiger partial charge in [0.1, 0.15) is 5.92 Å². The summed E-state index contributed by atoms with van der Waals surface area (Å²) < 4.78 is 1.19. The molecule has 0 bridgehead atoms. The number of aliphatic carboxylic acids is 1. The van der Waals surface area contributed by atoms with Crippen molar-refractivity contribution in [3.63, 3.8) is 0 Å². The van der Waals surface area contributed by atoms with Gasteiger partial charge in [0.15, 0.2) is 0 Å². The Morgan fingerprint density at radius 3 is 2.70 bits per heavy atom. The van der Waals surface area contributed by atoms with Crippen LogP contribution < -0.4 is 4.90 Å². The molecule has 1 aromatic heterocycles. The molecule has 27 heavy (non-hydrogen) atoms. The molecule has 0 spiro atoms. The first-order valence-corrected chi connectivity index (χ1v) is 9.91. The monoisotopic (exact) mass is 380 g/mol. The fourth-order valence-electron chi connectivity index (χ4n) is 3.57. The fraction of sp³-hybridized carbons (Fsp3) is 0.286. The molecule has 1 N–H and O–H groups in total. The molecule has 0 aliphatic carbocycles. The highest BCUT2D eigenvalue weighted by Gasteiger charge is 2.35. The van der Waals surface area contributed by atoms with Crippen molar-refractivity contribution in [3.8, 4) is 0 Å². The van der Waals surface area contributed by atoms with Gasteiger partial charge in [0.05, 0.1) is 15.2 Å². The number of unbranched alkanes of at least 4 members (excludes halogenated alkanes) is 1. The maximum Gasteiger partial charge on any atom is 0.312 e. The van der Waals surface area contributed by atoms with Crippen molar-refractivity contribution in [1.29, 1.82) is 0 Å². The predicted octanol–water partition coefficient (Wildman–Crippen LogP) is 4.22. The summed E-state index contributed by atoms with van der Waals surface area (Å²) in [5.74, 6) is -1.52. The number of carbonyl (C=O) groups excluding carboxylic acids is 1. The number of nitrogens with zero attached hydrogens (tertiary/aromatic N) is 2. The van der Waals surface area contributed by atoms with Gasteiger partial charge < -0.3 is 10.0 Å². The third-order valence-electron chi connectivity index (χ3n) is 4.94. The molecular formula is C21H20N2O3S. The van der Waals surface area contributed by atoms with Crippen LogP contribution in [0.4, 0.5) is 5.69 Å². The molecular weight excluding hydrogens is 360 g/mol. The number of carboxylic acid groups (broad SMARTS) is 1. The lowest BCUT2D eigenvalue weighted by molar-refractivity contribution is -0.138. The molecule has 3 aromatic rings. The van der Waals surface area contributed by atoms with Crippen molar-refractivity contribution in [3.05, 3.63) is 59.1 Å². The lowest BCUT2D eigenvalue weighted by Crippen LogP contribution is -2.31. The summed E-state index contributed by atoms with van der Waals surface area (Å²) >= 11 is 1.70. The number of carbonyl (C=O) groups is 2. The Morgan fingerprint density at radius 1 is 1.11 bits per heavy atom. The number of thiazole rings is 1. The molecule has 6 heteroatoms. The number of amides is 1. The normalized spacial score (nSPS) is 15.9. The highest BCUT2D eigenvalue weighted by molar-refractivity contribution is 7.18. The second-order valence-electron chi connectivity index (χ2n) is 6.74. The molecule has 5 nitrogen and oxygen atoms in total. The van der Waals surface area contributed by atoms with Crippen molar-refractivity contribution in [1.82, 2.24) is 4.98 Å². The molecule has 0 radical (unpaired) electrons. The minimum Gasteiger partial charge on any atom is -0.481 e. The molecule has 1 atom stereocenters. The van der Waals surface area contributed by atoms with Crippen LogP contribution in [0, 0.1) is 0 Å². The Balaban J connectivity index is 1.34. The molecule has 1 aliphatic rings. The Labute approximate surface area is 161 Å². The zero-order valence-electron chi connectivity index (χ0n) is 14.8. The van der Waals surface area contributed by atoms with E-state index < -0.39 is 11.9 Å². The van der Waals surface area contributed by atoms with Crippen LogP contribution in [0.2, 0.25) is 0 Å². The average molecular weight is 380 g/mol. The minimum absolute atomic E-state index is 0.00417. The van der Waals surface area contributed by atoms with E-state index in [1.165, 1.54) is 4.70 Å². The van der Waals surface area contributed by atoms with Crippen LogP contribution in [-0.4, -0.2) is 28.5 Å². The number of anilines is 1. The number of aromatic nitrogens is 1. The lowest BCUT2D eigenvalue weighted by atomic mass is 10.0. The van der Waals surface area contributed by atoms with Crippen molar-refractivity contribution in [2.24, 2.45) is 0 Å². The third-order valence-corrected chi connectivity index (χ3v) is 6.03. The highest BCUT2D eigenvalue weighted by Crippen LogP contribution is 2.36. The number of fused-ring (bicyclic) bond motifs is 2. The smallest absolute Gasteiger partial charge is 0.312 e. The van der Waals surface area contributed by atoms with Crippen LogP contribution >= 0.6 is 11.3 Å². The zero-order valence-corrected chi connectivity index (χ0v) is 15.6. The Morgan fingerprint density at radius 2 is 1.89 bits per heavy atom. The molecule has 2 aromatic carbocycles. The number of hydrogen-bond acceptors (Lipinski definition) is 4. The summed E-state index contributed by atoms with van der Waals surface area (Å²) in [6.07, 6.45) is 2.95. The van der Waals surface area contributed by atoms with Gasteiger partial charge in [-0.2, -0.15) is 0 Å². The fourth-order valence-corrected chi connectivity index (χ4v) is 4.58. The van der Waals surface area contributed by atoms with Crippen LogP contribution in [0.15, 0.2) is 48.5 Å². The number of para-hydroxylation sites is 2.